The van der Waals surface area contributed by atoms with Crippen LogP contribution in [0.1, 0.15) is 75.6 Å². The Bertz CT molecular complexity index is 1120. The van der Waals surface area contributed by atoms with Crippen LogP contribution in [0.4, 0.5) is 0 Å². The zero-order chi connectivity index (χ0) is 27.7. The Morgan fingerprint density at radius 3 is 2.42 bits per heavy atom. The van der Waals surface area contributed by atoms with E-state index in [2.05, 4.69) is 65.6 Å². The SMILES string of the molecule is CN(CCCN1C(=O)CSC1c1cc(C(C)(C)C)c(O)c(C(C)(C)C)c1)CCOc1ccc2c(c1)OOC2. The van der Waals surface area contributed by atoms with Crippen LogP contribution >= 0.6 is 11.8 Å². The van der Waals surface area contributed by atoms with Crippen molar-refractivity contribution in [1.82, 2.24) is 9.80 Å². The molecule has 0 bridgehead atoms. The van der Waals surface area contributed by atoms with E-state index in [1.165, 1.54) is 0 Å². The standard InChI is InChI=1S/C30H42N2O5S/c1-29(2,3)23-15-21(16-24(27(23)34)30(4,5)6)28-32(26(33)19-38-28)12-8-11-31(7)13-14-35-22-10-9-20-18-36-37-25(20)17-22/h9-10,15-17,28,34H,8,11-14,18-19H2,1-7H3. The second kappa shape index (κ2) is 11.4. The van der Waals surface area contributed by atoms with Crippen molar-refractivity contribution in [1.29, 1.82) is 0 Å². The highest BCUT2D eigenvalue weighted by molar-refractivity contribution is 8.00. The number of carbonyl (C=O) groups is 1. The van der Waals surface area contributed by atoms with Crippen LogP contribution in [-0.4, -0.2) is 59.9 Å². The van der Waals surface area contributed by atoms with Crippen molar-refractivity contribution in [3.63, 3.8) is 0 Å². The lowest BCUT2D eigenvalue weighted by atomic mass is 9.78. The average molecular weight is 543 g/mol. The van der Waals surface area contributed by atoms with Gasteiger partial charge in [-0.05, 0) is 71.8 Å². The first-order chi connectivity index (χ1) is 17.8. The summed E-state index contributed by atoms with van der Waals surface area (Å²) in [6, 6.07) is 9.97. The first-order valence-electron chi connectivity index (χ1n) is 13.4. The maximum Gasteiger partial charge on any atom is 0.233 e. The predicted molar refractivity (Wildman–Crippen MR) is 152 cm³/mol. The summed E-state index contributed by atoms with van der Waals surface area (Å²) in [5, 5.41) is 11.1. The number of rotatable bonds is 9. The molecule has 1 amide bonds. The van der Waals surface area contributed by atoms with E-state index < -0.39 is 0 Å². The van der Waals surface area contributed by atoms with Crippen LogP contribution in [0.25, 0.3) is 0 Å². The van der Waals surface area contributed by atoms with Gasteiger partial charge in [0.05, 0.1) is 5.75 Å². The number of aromatic hydroxyl groups is 1. The van der Waals surface area contributed by atoms with Crippen molar-refractivity contribution in [3.05, 3.63) is 52.6 Å². The van der Waals surface area contributed by atoms with Crippen LogP contribution in [0, 0.1) is 0 Å². The maximum absolute atomic E-state index is 12.9. The van der Waals surface area contributed by atoms with Gasteiger partial charge >= 0.3 is 0 Å². The van der Waals surface area contributed by atoms with Gasteiger partial charge in [0.15, 0.2) is 5.75 Å². The van der Waals surface area contributed by atoms with Crippen molar-refractivity contribution in [2.24, 2.45) is 0 Å². The highest BCUT2D eigenvalue weighted by atomic mass is 32.2. The van der Waals surface area contributed by atoms with Gasteiger partial charge in [0.2, 0.25) is 5.91 Å². The number of fused-ring (bicyclic) bond motifs is 1. The molecule has 1 unspecified atom stereocenters. The topological polar surface area (TPSA) is 71.5 Å². The molecule has 4 rings (SSSR count). The van der Waals surface area contributed by atoms with Gasteiger partial charge in [0.1, 0.15) is 30.1 Å². The van der Waals surface area contributed by atoms with Crippen molar-refractivity contribution in [2.45, 2.75) is 70.8 Å². The Kier molecular flexibility index (Phi) is 8.55. The summed E-state index contributed by atoms with van der Waals surface area (Å²) in [7, 11) is 2.08. The molecule has 2 aromatic carbocycles. The Morgan fingerprint density at radius 1 is 1.08 bits per heavy atom. The van der Waals surface area contributed by atoms with Gasteiger partial charge in [-0.25, -0.2) is 0 Å². The number of hydrogen-bond donors (Lipinski definition) is 1. The second-order valence-electron chi connectivity index (χ2n) is 12.3. The first-order valence-corrected chi connectivity index (χ1v) is 14.4. The molecule has 0 spiro atoms. The fraction of sp³-hybridized carbons (Fsp3) is 0.567. The van der Waals surface area contributed by atoms with E-state index in [0.717, 1.165) is 53.3 Å². The number of benzene rings is 2. The zero-order valence-corrected chi connectivity index (χ0v) is 24.6. The number of nitrogens with zero attached hydrogens (tertiary/aromatic N) is 2. The summed E-state index contributed by atoms with van der Waals surface area (Å²) in [6.45, 7) is 16.1. The number of carbonyl (C=O) groups excluding carboxylic acids is 1. The van der Waals surface area contributed by atoms with Gasteiger partial charge in [-0.1, -0.05) is 41.5 Å². The number of ether oxygens (including phenoxy) is 1. The smallest absolute Gasteiger partial charge is 0.233 e. The Hall–Kier alpha value is -2.42. The molecule has 0 aromatic heterocycles. The normalized spacial score (nSPS) is 17.7. The number of amides is 1. The molecule has 1 fully saturated rings. The Balaban J connectivity index is 1.35. The molecule has 208 valence electrons. The summed E-state index contributed by atoms with van der Waals surface area (Å²) >= 11 is 1.68. The number of phenols is 1. The third-order valence-corrected chi connectivity index (χ3v) is 8.34. The quantitative estimate of drug-likeness (QED) is 0.403. The first kappa shape index (κ1) is 28.6. The molecule has 38 heavy (non-hydrogen) atoms. The lowest BCUT2D eigenvalue weighted by Crippen LogP contribution is -2.33. The molecular weight excluding hydrogens is 500 g/mol. The third-order valence-electron chi connectivity index (χ3n) is 7.08. The number of phenolic OH excluding ortho intramolecular Hbond substituents is 1. The molecule has 2 heterocycles. The predicted octanol–water partition coefficient (Wildman–Crippen LogP) is 5.79. The minimum absolute atomic E-state index is 0.0371. The minimum Gasteiger partial charge on any atom is -0.507 e. The average Bonchev–Trinajstić information content (AvgIpc) is 3.44. The summed E-state index contributed by atoms with van der Waals surface area (Å²) in [5.74, 6) is 2.52. The largest absolute Gasteiger partial charge is 0.507 e. The van der Waals surface area contributed by atoms with Crippen LogP contribution in [0.15, 0.2) is 30.3 Å². The molecular formula is C30H42N2O5S. The molecule has 2 aliphatic rings. The third kappa shape index (κ3) is 6.58. The number of likely N-dealkylation sites (N-methyl/N-ethyl adjacent to an activating group) is 1. The van der Waals surface area contributed by atoms with Crippen LogP contribution in [-0.2, 0) is 27.1 Å². The molecule has 2 aromatic rings. The van der Waals surface area contributed by atoms with E-state index >= 15 is 0 Å². The highest BCUT2D eigenvalue weighted by Gasteiger charge is 2.35. The van der Waals surface area contributed by atoms with Gasteiger partial charge < -0.3 is 24.5 Å². The van der Waals surface area contributed by atoms with Crippen molar-refractivity contribution in [3.8, 4) is 17.2 Å². The minimum atomic E-state index is -0.205. The van der Waals surface area contributed by atoms with Gasteiger partial charge in [-0.2, -0.15) is 4.89 Å². The molecule has 0 radical (unpaired) electrons. The fourth-order valence-corrected chi connectivity index (χ4v) is 6.03. The van der Waals surface area contributed by atoms with Gasteiger partial charge in [0.25, 0.3) is 0 Å². The number of thioether (sulfide) groups is 1. The lowest BCUT2D eigenvalue weighted by Gasteiger charge is -2.31. The maximum atomic E-state index is 12.9. The summed E-state index contributed by atoms with van der Waals surface area (Å²) in [4.78, 5) is 27.2. The van der Waals surface area contributed by atoms with Crippen LogP contribution in [0.5, 0.6) is 17.2 Å². The van der Waals surface area contributed by atoms with E-state index in [-0.39, 0.29) is 22.1 Å². The molecule has 1 atom stereocenters. The molecule has 0 aliphatic carbocycles. The molecule has 2 aliphatic heterocycles. The second-order valence-corrected chi connectivity index (χ2v) is 13.4. The van der Waals surface area contributed by atoms with E-state index in [0.29, 0.717) is 31.3 Å². The monoisotopic (exact) mass is 542 g/mol. The van der Waals surface area contributed by atoms with Crippen molar-refractivity contribution >= 4 is 17.7 Å². The lowest BCUT2D eigenvalue weighted by molar-refractivity contribution is -0.194. The van der Waals surface area contributed by atoms with Crippen LogP contribution in [0.2, 0.25) is 0 Å². The summed E-state index contributed by atoms with van der Waals surface area (Å²) in [6.07, 6.45) is 0.875. The molecule has 7 nitrogen and oxygen atoms in total. The van der Waals surface area contributed by atoms with E-state index in [4.69, 9.17) is 14.5 Å². The van der Waals surface area contributed by atoms with Crippen molar-refractivity contribution in [2.75, 3.05) is 39.0 Å². The Morgan fingerprint density at radius 2 is 1.76 bits per heavy atom. The van der Waals surface area contributed by atoms with Gasteiger partial charge in [-0.3, -0.25) is 4.79 Å². The van der Waals surface area contributed by atoms with Crippen molar-refractivity contribution < 1.29 is 24.4 Å². The van der Waals surface area contributed by atoms with Gasteiger partial charge in [0, 0.05) is 24.7 Å². The zero-order valence-electron chi connectivity index (χ0n) is 23.8. The molecule has 0 saturated carbocycles. The Labute approximate surface area is 231 Å². The highest BCUT2D eigenvalue weighted by Crippen LogP contribution is 2.45. The molecule has 8 heteroatoms. The van der Waals surface area contributed by atoms with E-state index in [9.17, 15) is 9.90 Å². The van der Waals surface area contributed by atoms with Gasteiger partial charge in [-0.15, -0.1) is 11.8 Å². The van der Waals surface area contributed by atoms with Crippen LogP contribution in [0.3, 0.4) is 0 Å². The molecule has 1 N–H and O–H groups in total. The van der Waals surface area contributed by atoms with Crippen LogP contribution < -0.4 is 9.62 Å². The summed E-state index contributed by atoms with van der Waals surface area (Å²) < 4.78 is 5.89. The van der Waals surface area contributed by atoms with E-state index in [1.807, 2.05) is 23.1 Å². The fourth-order valence-electron chi connectivity index (χ4n) is 4.83. The van der Waals surface area contributed by atoms with E-state index in [1.54, 1.807) is 11.8 Å². The summed E-state index contributed by atoms with van der Waals surface area (Å²) in [5.41, 5.74) is 3.58. The number of hydrogen-bond acceptors (Lipinski definition) is 7. The molecule has 1 saturated heterocycles.